The summed E-state index contributed by atoms with van der Waals surface area (Å²) in [5, 5.41) is 12.3. The van der Waals surface area contributed by atoms with Gasteiger partial charge in [0.2, 0.25) is 11.7 Å². The van der Waals surface area contributed by atoms with Crippen molar-refractivity contribution in [3.8, 4) is 0 Å². The van der Waals surface area contributed by atoms with E-state index in [-0.39, 0.29) is 11.3 Å². The Labute approximate surface area is 178 Å². The molecular formula is C18H19F3N6O3S. The van der Waals surface area contributed by atoms with Crippen LogP contribution in [0.2, 0.25) is 0 Å². The normalized spacial score (nSPS) is 11.7. The number of carbonyl (C=O) groups is 2. The Bertz CT molecular complexity index is 1170. The summed E-state index contributed by atoms with van der Waals surface area (Å²) in [5.41, 5.74) is 0.366. The molecule has 0 fully saturated rings. The zero-order valence-electron chi connectivity index (χ0n) is 16.4. The van der Waals surface area contributed by atoms with Crippen LogP contribution in [0.15, 0.2) is 34.2 Å². The Hall–Kier alpha value is -3.09. The quantitative estimate of drug-likeness (QED) is 0.528. The van der Waals surface area contributed by atoms with Gasteiger partial charge in [-0.25, -0.2) is 4.79 Å². The number of unbranched alkanes of at least 4 members (excludes halogenated alkanes) is 1. The molecule has 166 valence electrons. The topological polar surface area (TPSA) is 110 Å². The number of carbonyl (C=O) groups excluding carboxylic acids is 2. The molecule has 13 heteroatoms. The maximum absolute atomic E-state index is 12.9. The summed E-state index contributed by atoms with van der Waals surface area (Å²) in [6.45, 7) is 0.902. The van der Waals surface area contributed by atoms with Gasteiger partial charge >= 0.3 is 12.2 Å². The molecule has 0 spiro atoms. The first-order chi connectivity index (χ1) is 14.7. The summed E-state index contributed by atoms with van der Waals surface area (Å²) >= 11 is 0.943. The minimum atomic E-state index is -4.58. The summed E-state index contributed by atoms with van der Waals surface area (Å²) in [6.07, 6.45) is -2.94. The van der Waals surface area contributed by atoms with E-state index in [2.05, 4.69) is 10.2 Å². The molecule has 3 amide bonds. The van der Waals surface area contributed by atoms with Gasteiger partial charge in [0, 0.05) is 6.54 Å². The molecule has 0 unspecified atom stereocenters. The van der Waals surface area contributed by atoms with Gasteiger partial charge in [-0.05, 0) is 18.6 Å². The molecular weight excluding hydrogens is 437 g/mol. The highest BCUT2D eigenvalue weighted by molar-refractivity contribution is 7.99. The van der Waals surface area contributed by atoms with Gasteiger partial charge in [-0.15, -0.1) is 10.2 Å². The third-order valence-corrected chi connectivity index (χ3v) is 5.18. The number of halogens is 3. The highest BCUT2D eigenvalue weighted by Crippen LogP contribution is 2.21. The summed E-state index contributed by atoms with van der Waals surface area (Å²) in [4.78, 5) is 36.2. The monoisotopic (exact) mass is 456 g/mol. The number of amides is 3. The highest BCUT2D eigenvalue weighted by atomic mass is 32.2. The molecule has 2 aromatic heterocycles. The summed E-state index contributed by atoms with van der Waals surface area (Å²) < 4.78 is 39.6. The van der Waals surface area contributed by atoms with E-state index in [4.69, 9.17) is 0 Å². The number of nitrogens with zero attached hydrogens (tertiary/aromatic N) is 4. The fourth-order valence-corrected chi connectivity index (χ4v) is 3.60. The lowest BCUT2D eigenvalue weighted by molar-refractivity contribution is -0.124. The van der Waals surface area contributed by atoms with Crippen LogP contribution in [0.4, 0.5) is 18.0 Å². The van der Waals surface area contributed by atoms with Gasteiger partial charge in [-0.1, -0.05) is 37.2 Å². The minimum Gasteiger partial charge on any atom is -0.329 e. The summed E-state index contributed by atoms with van der Waals surface area (Å²) in [5.74, 6) is -0.768. The van der Waals surface area contributed by atoms with E-state index in [9.17, 15) is 27.6 Å². The smallest absolute Gasteiger partial charge is 0.329 e. The van der Waals surface area contributed by atoms with Gasteiger partial charge in [0.05, 0.1) is 16.7 Å². The average molecular weight is 456 g/mol. The van der Waals surface area contributed by atoms with Crippen LogP contribution in [-0.2, 0) is 11.3 Å². The molecule has 0 aliphatic heterocycles. The number of urea groups is 1. The molecule has 0 radical (unpaired) electrons. The second kappa shape index (κ2) is 9.37. The van der Waals surface area contributed by atoms with E-state index in [1.807, 2.05) is 12.2 Å². The Morgan fingerprint density at radius 1 is 1.19 bits per heavy atom. The number of thioether (sulfide) groups is 1. The predicted octanol–water partition coefficient (Wildman–Crippen LogP) is 2.32. The van der Waals surface area contributed by atoms with Crippen molar-refractivity contribution < 1.29 is 22.8 Å². The number of hydrogen-bond acceptors (Lipinski definition) is 6. The lowest BCUT2D eigenvalue weighted by Crippen LogP contribution is -2.43. The van der Waals surface area contributed by atoms with Crippen LogP contribution in [0.25, 0.3) is 16.7 Å². The van der Waals surface area contributed by atoms with E-state index in [0.717, 1.165) is 24.6 Å². The highest BCUT2D eigenvalue weighted by Gasteiger charge is 2.28. The minimum absolute atomic E-state index is 0.195. The molecule has 2 N–H and O–H groups in total. The van der Waals surface area contributed by atoms with Gasteiger partial charge in [0.25, 0.3) is 5.56 Å². The first-order valence-corrected chi connectivity index (χ1v) is 10.3. The maximum atomic E-state index is 12.9. The summed E-state index contributed by atoms with van der Waals surface area (Å²) in [7, 11) is 0. The van der Waals surface area contributed by atoms with Crippen molar-refractivity contribution in [1.82, 2.24) is 29.8 Å². The molecule has 9 nitrogen and oxygen atoms in total. The van der Waals surface area contributed by atoms with Gasteiger partial charge in [-0.2, -0.15) is 13.2 Å². The third-order valence-electron chi connectivity index (χ3n) is 4.25. The second-order valence-corrected chi connectivity index (χ2v) is 7.52. The molecule has 2 heterocycles. The Kier molecular flexibility index (Phi) is 6.83. The second-order valence-electron chi connectivity index (χ2n) is 6.58. The van der Waals surface area contributed by atoms with E-state index >= 15 is 0 Å². The van der Waals surface area contributed by atoms with Crippen LogP contribution < -0.4 is 16.2 Å². The number of fused-ring (bicyclic) bond motifs is 3. The van der Waals surface area contributed by atoms with Crippen molar-refractivity contribution in [1.29, 1.82) is 0 Å². The number of hydrogen-bond donors (Lipinski definition) is 2. The molecule has 0 atom stereocenters. The number of imide groups is 1. The van der Waals surface area contributed by atoms with Crippen molar-refractivity contribution in [3.05, 3.63) is 34.6 Å². The molecule has 0 saturated heterocycles. The van der Waals surface area contributed by atoms with Crippen LogP contribution in [0, 0.1) is 0 Å². The number of alkyl halides is 3. The number of para-hydroxylation sites is 1. The first kappa shape index (κ1) is 22.6. The van der Waals surface area contributed by atoms with Crippen molar-refractivity contribution in [3.63, 3.8) is 0 Å². The fraction of sp³-hybridized carbons (Fsp3) is 0.389. The van der Waals surface area contributed by atoms with E-state index in [0.29, 0.717) is 28.4 Å². The SMILES string of the molecule is CCCCn1c(=O)c2ccccc2n2c(SCC(=O)NC(=O)NCC(F)(F)F)nnc12. The number of nitrogens with one attached hydrogen (secondary N) is 2. The van der Waals surface area contributed by atoms with Crippen molar-refractivity contribution in [2.45, 2.75) is 37.6 Å². The average Bonchev–Trinajstić information content (AvgIpc) is 3.14. The van der Waals surface area contributed by atoms with Gasteiger partial charge in [0.15, 0.2) is 5.16 Å². The van der Waals surface area contributed by atoms with Crippen LogP contribution in [0.5, 0.6) is 0 Å². The van der Waals surface area contributed by atoms with E-state index in [1.165, 1.54) is 4.57 Å². The summed E-state index contributed by atoms with van der Waals surface area (Å²) in [6, 6.07) is 5.67. The zero-order chi connectivity index (χ0) is 22.6. The van der Waals surface area contributed by atoms with E-state index in [1.54, 1.807) is 34.0 Å². The van der Waals surface area contributed by atoms with Gasteiger partial charge < -0.3 is 5.32 Å². The molecule has 0 aliphatic rings. The van der Waals surface area contributed by atoms with Gasteiger partial charge in [0.1, 0.15) is 6.54 Å². The van der Waals surface area contributed by atoms with Crippen molar-refractivity contribution in [2.24, 2.45) is 0 Å². The molecule has 0 saturated carbocycles. The Balaban J connectivity index is 1.82. The standard InChI is InChI=1S/C18H19F3N6O3S/c1-2-3-8-26-14(29)11-6-4-5-7-12(11)27-16(26)24-25-17(27)31-9-13(28)23-15(30)22-10-18(19,20)21/h4-7H,2-3,8-10H2,1H3,(H2,22,23,28,30). The Morgan fingerprint density at radius 3 is 2.65 bits per heavy atom. The molecule has 1 aromatic carbocycles. The van der Waals surface area contributed by atoms with Crippen molar-refractivity contribution in [2.75, 3.05) is 12.3 Å². The molecule has 3 rings (SSSR count). The lowest BCUT2D eigenvalue weighted by atomic mass is 10.2. The number of aromatic nitrogens is 4. The van der Waals surface area contributed by atoms with Crippen molar-refractivity contribution >= 4 is 40.4 Å². The van der Waals surface area contributed by atoms with Crippen LogP contribution in [0.3, 0.4) is 0 Å². The van der Waals surface area contributed by atoms with Crippen LogP contribution in [-0.4, -0.2) is 49.6 Å². The first-order valence-electron chi connectivity index (χ1n) is 9.35. The molecule has 0 bridgehead atoms. The van der Waals surface area contributed by atoms with Crippen LogP contribution in [0.1, 0.15) is 19.8 Å². The van der Waals surface area contributed by atoms with Gasteiger partial charge in [-0.3, -0.25) is 23.9 Å². The number of rotatable bonds is 7. The number of benzene rings is 1. The largest absolute Gasteiger partial charge is 0.405 e. The molecule has 0 aliphatic carbocycles. The Morgan fingerprint density at radius 2 is 1.94 bits per heavy atom. The maximum Gasteiger partial charge on any atom is 0.405 e. The lowest BCUT2D eigenvalue weighted by Gasteiger charge is -2.11. The third kappa shape index (κ3) is 5.34. The zero-order valence-corrected chi connectivity index (χ0v) is 17.2. The van der Waals surface area contributed by atoms with E-state index < -0.39 is 24.7 Å². The molecule has 31 heavy (non-hydrogen) atoms. The predicted molar refractivity (Wildman–Crippen MR) is 108 cm³/mol. The van der Waals surface area contributed by atoms with Crippen LogP contribution >= 0.6 is 11.8 Å². The fourth-order valence-electron chi connectivity index (χ4n) is 2.86. The molecule has 3 aromatic rings. The number of aryl methyl sites for hydroxylation is 1.